The zero-order valence-corrected chi connectivity index (χ0v) is 7.91. The highest BCUT2D eigenvalue weighted by Gasteiger charge is 2.10. The Labute approximate surface area is 77.4 Å². The topological polar surface area (TPSA) is 50.4 Å². The summed E-state index contributed by atoms with van der Waals surface area (Å²) in [6.07, 6.45) is 2.41. The zero-order valence-electron chi connectivity index (χ0n) is 7.91. The van der Waals surface area contributed by atoms with Crippen molar-refractivity contribution in [3.63, 3.8) is 0 Å². The zero-order chi connectivity index (χ0) is 9.84. The molecule has 1 aromatic heterocycles. The summed E-state index contributed by atoms with van der Waals surface area (Å²) in [5.74, 6) is 0.475. The van der Waals surface area contributed by atoms with E-state index in [0.717, 1.165) is 17.7 Å². The van der Waals surface area contributed by atoms with Gasteiger partial charge in [0.1, 0.15) is 5.76 Å². The molecule has 72 valence electrons. The fourth-order valence-electron chi connectivity index (χ4n) is 1.24. The van der Waals surface area contributed by atoms with E-state index in [2.05, 4.69) is 13.8 Å². The minimum Gasteiger partial charge on any atom is -0.481 e. The largest absolute Gasteiger partial charge is 0.481 e. The van der Waals surface area contributed by atoms with Gasteiger partial charge in [-0.1, -0.05) is 13.8 Å². The molecule has 0 aliphatic heterocycles. The van der Waals surface area contributed by atoms with Crippen LogP contribution < -0.4 is 0 Å². The summed E-state index contributed by atoms with van der Waals surface area (Å²) in [6, 6.07) is 1.73. The predicted octanol–water partition coefficient (Wildman–Crippen LogP) is 2.11. The van der Waals surface area contributed by atoms with Crippen LogP contribution in [0.5, 0.6) is 0 Å². The summed E-state index contributed by atoms with van der Waals surface area (Å²) in [5.41, 5.74) is 0.793. The van der Waals surface area contributed by atoms with Crippen molar-refractivity contribution in [3.05, 3.63) is 23.7 Å². The lowest BCUT2D eigenvalue weighted by Gasteiger charge is -2.02. The van der Waals surface area contributed by atoms with Crippen LogP contribution in [0.3, 0.4) is 0 Å². The van der Waals surface area contributed by atoms with E-state index in [4.69, 9.17) is 9.52 Å². The van der Waals surface area contributed by atoms with Gasteiger partial charge in [-0.05, 0) is 12.0 Å². The van der Waals surface area contributed by atoms with Gasteiger partial charge in [-0.25, -0.2) is 0 Å². The Morgan fingerprint density at radius 2 is 2.31 bits per heavy atom. The van der Waals surface area contributed by atoms with Gasteiger partial charge in [-0.15, -0.1) is 0 Å². The van der Waals surface area contributed by atoms with Crippen LogP contribution in [0, 0.1) is 5.92 Å². The molecule has 1 heterocycles. The second kappa shape index (κ2) is 4.12. The molecule has 1 aromatic rings. The highest BCUT2D eigenvalue weighted by Crippen LogP contribution is 2.15. The minimum atomic E-state index is -0.814. The van der Waals surface area contributed by atoms with Crippen LogP contribution in [0.2, 0.25) is 0 Å². The number of carboxylic acids is 1. The highest BCUT2D eigenvalue weighted by atomic mass is 16.4. The standard InChI is InChI=1S/C10H14O3/c1-7(2)5-9-8(3-4-13-9)6-10(11)12/h3-4,7H,5-6H2,1-2H3,(H,11,12). The molecule has 13 heavy (non-hydrogen) atoms. The first-order chi connectivity index (χ1) is 6.09. The molecule has 0 saturated carbocycles. The Hall–Kier alpha value is -1.25. The fourth-order valence-corrected chi connectivity index (χ4v) is 1.24. The summed E-state index contributed by atoms with van der Waals surface area (Å²) < 4.78 is 5.21. The summed E-state index contributed by atoms with van der Waals surface area (Å²) in [6.45, 7) is 4.15. The molecule has 0 saturated heterocycles. The highest BCUT2D eigenvalue weighted by molar-refractivity contribution is 5.70. The molecule has 0 aliphatic rings. The molecule has 0 aromatic carbocycles. The molecular weight excluding hydrogens is 168 g/mol. The third kappa shape index (κ3) is 2.93. The molecule has 0 radical (unpaired) electrons. The monoisotopic (exact) mass is 182 g/mol. The number of rotatable bonds is 4. The van der Waals surface area contributed by atoms with E-state index in [-0.39, 0.29) is 6.42 Å². The van der Waals surface area contributed by atoms with Gasteiger partial charge in [-0.2, -0.15) is 0 Å². The van der Waals surface area contributed by atoms with Gasteiger partial charge in [-0.3, -0.25) is 4.79 Å². The maximum Gasteiger partial charge on any atom is 0.307 e. The van der Waals surface area contributed by atoms with Crippen LogP contribution in [0.25, 0.3) is 0 Å². The van der Waals surface area contributed by atoms with Crippen molar-refractivity contribution in [1.29, 1.82) is 0 Å². The van der Waals surface area contributed by atoms with Crippen LogP contribution in [-0.4, -0.2) is 11.1 Å². The Morgan fingerprint density at radius 3 is 2.85 bits per heavy atom. The third-order valence-electron chi connectivity index (χ3n) is 1.77. The van der Waals surface area contributed by atoms with E-state index in [1.165, 1.54) is 0 Å². The van der Waals surface area contributed by atoms with E-state index < -0.39 is 5.97 Å². The molecule has 3 heteroatoms. The average molecular weight is 182 g/mol. The van der Waals surface area contributed by atoms with Crippen molar-refractivity contribution < 1.29 is 14.3 Å². The lowest BCUT2D eigenvalue weighted by molar-refractivity contribution is -0.136. The molecule has 3 nitrogen and oxygen atoms in total. The van der Waals surface area contributed by atoms with E-state index in [9.17, 15) is 4.79 Å². The van der Waals surface area contributed by atoms with Gasteiger partial charge < -0.3 is 9.52 Å². The lowest BCUT2D eigenvalue weighted by Crippen LogP contribution is -2.03. The van der Waals surface area contributed by atoms with Gasteiger partial charge in [0.15, 0.2) is 0 Å². The molecule has 1 rings (SSSR count). The van der Waals surface area contributed by atoms with Gasteiger partial charge in [0, 0.05) is 12.0 Å². The number of hydrogen-bond acceptors (Lipinski definition) is 2. The molecule has 0 atom stereocenters. The Morgan fingerprint density at radius 1 is 1.62 bits per heavy atom. The maximum absolute atomic E-state index is 10.5. The fraction of sp³-hybridized carbons (Fsp3) is 0.500. The number of carbonyl (C=O) groups is 1. The van der Waals surface area contributed by atoms with Crippen LogP contribution in [0.4, 0.5) is 0 Å². The van der Waals surface area contributed by atoms with E-state index in [1.54, 1.807) is 12.3 Å². The minimum absolute atomic E-state index is 0.0541. The molecular formula is C10H14O3. The van der Waals surface area contributed by atoms with Crippen molar-refractivity contribution in [2.45, 2.75) is 26.7 Å². The third-order valence-corrected chi connectivity index (χ3v) is 1.77. The number of hydrogen-bond donors (Lipinski definition) is 1. The van der Waals surface area contributed by atoms with Crippen LogP contribution in [0.15, 0.2) is 16.7 Å². The van der Waals surface area contributed by atoms with Crippen LogP contribution in [0.1, 0.15) is 25.2 Å². The van der Waals surface area contributed by atoms with Crippen LogP contribution >= 0.6 is 0 Å². The first kappa shape index (κ1) is 9.84. The van der Waals surface area contributed by atoms with E-state index in [1.807, 2.05) is 0 Å². The van der Waals surface area contributed by atoms with Gasteiger partial charge >= 0.3 is 5.97 Å². The number of aliphatic carboxylic acids is 1. The molecule has 0 bridgehead atoms. The second-order valence-electron chi connectivity index (χ2n) is 3.54. The number of carboxylic acid groups (broad SMARTS) is 1. The van der Waals surface area contributed by atoms with E-state index >= 15 is 0 Å². The molecule has 0 fully saturated rings. The summed E-state index contributed by atoms with van der Waals surface area (Å²) in [4.78, 5) is 10.5. The summed E-state index contributed by atoms with van der Waals surface area (Å²) >= 11 is 0. The van der Waals surface area contributed by atoms with Gasteiger partial charge in [0.25, 0.3) is 0 Å². The van der Waals surface area contributed by atoms with E-state index in [0.29, 0.717) is 5.92 Å². The SMILES string of the molecule is CC(C)Cc1occc1CC(=O)O. The Bertz CT molecular complexity index is 286. The van der Waals surface area contributed by atoms with Crippen molar-refractivity contribution in [1.82, 2.24) is 0 Å². The number of furan rings is 1. The first-order valence-corrected chi connectivity index (χ1v) is 4.36. The van der Waals surface area contributed by atoms with Crippen molar-refractivity contribution in [2.75, 3.05) is 0 Å². The Balaban J connectivity index is 2.71. The maximum atomic E-state index is 10.5. The average Bonchev–Trinajstić information content (AvgIpc) is 2.34. The summed E-state index contributed by atoms with van der Waals surface area (Å²) in [7, 11) is 0. The molecule has 0 aliphatic carbocycles. The molecule has 0 spiro atoms. The quantitative estimate of drug-likeness (QED) is 0.775. The molecule has 1 N–H and O–H groups in total. The molecule has 0 unspecified atom stereocenters. The van der Waals surface area contributed by atoms with Crippen molar-refractivity contribution in [3.8, 4) is 0 Å². The normalized spacial score (nSPS) is 10.7. The van der Waals surface area contributed by atoms with Crippen molar-refractivity contribution in [2.24, 2.45) is 5.92 Å². The lowest BCUT2D eigenvalue weighted by atomic mass is 10.0. The first-order valence-electron chi connectivity index (χ1n) is 4.36. The predicted molar refractivity (Wildman–Crippen MR) is 48.6 cm³/mol. The summed E-state index contributed by atoms with van der Waals surface area (Å²) in [5, 5.41) is 8.60. The van der Waals surface area contributed by atoms with Crippen molar-refractivity contribution >= 4 is 5.97 Å². The smallest absolute Gasteiger partial charge is 0.307 e. The van der Waals surface area contributed by atoms with Gasteiger partial charge in [0.05, 0.1) is 12.7 Å². The molecule has 0 amide bonds. The Kier molecular flexibility index (Phi) is 3.12. The van der Waals surface area contributed by atoms with Gasteiger partial charge in [0.2, 0.25) is 0 Å². The van der Waals surface area contributed by atoms with Crippen LogP contribution in [-0.2, 0) is 17.6 Å². The second-order valence-corrected chi connectivity index (χ2v) is 3.54.